The van der Waals surface area contributed by atoms with E-state index in [1.165, 1.54) is 0 Å². The number of benzene rings is 1. The van der Waals surface area contributed by atoms with Crippen molar-refractivity contribution in [3.05, 3.63) is 17.2 Å². The van der Waals surface area contributed by atoms with Crippen molar-refractivity contribution in [2.24, 2.45) is 0 Å². The molecule has 6 heteroatoms. The maximum atomic E-state index is 11.8. The highest BCUT2D eigenvalue weighted by Gasteiger charge is 2.17. The van der Waals surface area contributed by atoms with E-state index in [0.29, 0.717) is 22.2 Å². The Morgan fingerprint density at radius 2 is 2.11 bits per heavy atom. The number of nitrogens with one attached hydrogen (secondary N) is 2. The van der Waals surface area contributed by atoms with E-state index in [1.54, 1.807) is 12.1 Å². The van der Waals surface area contributed by atoms with E-state index in [4.69, 9.17) is 21.1 Å². The molecule has 5 nitrogen and oxygen atoms in total. The minimum atomic E-state index is -0.276. The van der Waals surface area contributed by atoms with Crippen molar-refractivity contribution in [2.45, 2.75) is 32.7 Å². The number of halogens is 1. The Hall–Kier alpha value is -1.62. The Kier molecular flexibility index (Phi) is 4.37. The van der Waals surface area contributed by atoms with E-state index in [1.807, 2.05) is 6.92 Å². The summed E-state index contributed by atoms with van der Waals surface area (Å²) in [5.41, 5.74) is 0.507. The zero-order valence-electron chi connectivity index (χ0n) is 11.0. The topological polar surface area (TPSA) is 59.6 Å². The second-order valence-corrected chi connectivity index (χ2v) is 4.88. The summed E-state index contributed by atoms with van der Waals surface area (Å²) in [5, 5.41) is 5.97. The average Bonchev–Trinajstić information content (AvgIpc) is 2.76. The van der Waals surface area contributed by atoms with Crippen LogP contribution in [0.3, 0.4) is 0 Å². The molecule has 1 aliphatic rings. The van der Waals surface area contributed by atoms with Gasteiger partial charge in [-0.3, -0.25) is 0 Å². The van der Waals surface area contributed by atoms with Gasteiger partial charge in [0, 0.05) is 18.2 Å². The second-order valence-electron chi connectivity index (χ2n) is 4.47. The lowest BCUT2D eigenvalue weighted by Crippen LogP contribution is -2.36. The molecule has 2 N–H and O–H groups in total. The number of ether oxygens (including phenoxy) is 2. The highest BCUT2D eigenvalue weighted by Crippen LogP contribution is 2.39. The summed E-state index contributed by atoms with van der Waals surface area (Å²) in [7, 11) is 0. The monoisotopic (exact) mass is 284 g/mol. The average molecular weight is 285 g/mol. The van der Waals surface area contributed by atoms with Crippen molar-refractivity contribution < 1.29 is 14.3 Å². The molecule has 2 rings (SSSR count). The summed E-state index contributed by atoms with van der Waals surface area (Å²) < 4.78 is 10.4. The molecule has 0 saturated carbocycles. The van der Waals surface area contributed by atoms with Crippen LogP contribution in [0, 0.1) is 0 Å². The van der Waals surface area contributed by atoms with Crippen molar-refractivity contribution in [1.29, 1.82) is 0 Å². The summed E-state index contributed by atoms with van der Waals surface area (Å²) in [6.45, 7) is 4.21. The molecule has 0 spiro atoms. The third-order valence-corrected chi connectivity index (χ3v) is 3.12. The zero-order valence-corrected chi connectivity index (χ0v) is 11.7. The van der Waals surface area contributed by atoms with Crippen LogP contribution in [0.15, 0.2) is 12.1 Å². The van der Waals surface area contributed by atoms with Crippen LogP contribution in [0.1, 0.15) is 26.7 Å². The first kappa shape index (κ1) is 13.8. The van der Waals surface area contributed by atoms with Crippen LogP contribution in [-0.2, 0) is 0 Å². The number of urea groups is 1. The van der Waals surface area contributed by atoms with Gasteiger partial charge >= 0.3 is 6.03 Å². The van der Waals surface area contributed by atoms with E-state index in [9.17, 15) is 4.79 Å². The lowest BCUT2D eigenvalue weighted by molar-refractivity contribution is 0.174. The minimum absolute atomic E-state index is 0.123. The lowest BCUT2D eigenvalue weighted by Gasteiger charge is -2.14. The molecule has 19 heavy (non-hydrogen) atoms. The molecular weight excluding hydrogens is 268 g/mol. The van der Waals surface area contributed by atoms with Gasteiger partial charge in [0.05, 0.1) is 10.7 Å². The van der Waals surface area contributed by atoms with Gasteiger partial charge in [0.15, 0.2) is 11.5 Å². The fraction of sp³-hybridized carbons (Fsp3) is 0.462. The number of carbonyl (C=O) groups excluding carboxylic acids is 1. The van der Waals surface area contributed by atoms with Gasteiger partial charge in [-0.2, -0.15) is 0 Å². The molecule has 1 aromatic carbocycles. The smallest absolute Gasteiger partial charge is 0.319 e. The number of hydrogen-bond donors (Lipinski definition) is 2. The Balaban J connectivity index is 2.01. The van der Waals surface area contributed by atoms with Crippen LogP contribution in [0.2, 0.25) is 5.02 Å². The van der Waals surface area contributed by atoms with Crippen LogP contribution in [0.4, 0.5) is 10.5 Å². The molecule has 0 aliphatic carbocycles. The zero-order chi connectivity index (χ0) is 13.8. The standard InChI is InChI=1S/C13H17ClN2O3/c1-3-4-8(2)15-13(17)16-10-6-12-11(5-9(10)14)18-7-19-12/h5-6,8H,3-4,7H2,1-2H3,(H2,15,16,17)/t8-/m0/s1. The molecule has 0 radical (unpaired) electrons. The highest BCUT2D eigenvalue weighted by atomic mass is 35.5. The maximum absolute atomic E-state index is 11.8. The number of anilines is 1. The van der Waals surface area contributed by atoms with Crippen LogP contribution in [0.25, 0.3) is 0 Å². The fourth-order valence-electron chi connectivity index (χ4n) is 1.90. The molecule has 0 aromatic heterocycles. The molecule has 0 fully saturated rings. The summed E-state index contributed by atoms with van der Waals surface area (Å²) in [6.07, 6.45) is 1.95. The quantitative estimate of drug-likeness (QED) is 0.891. The van der Waals surface area contributed by atoms with Gasteiger partial charge in [-0.1, -0.05) is 24.9 Å². The predicted molar refractivity (Wildman–Crippen MR) is 74.1 cm³/mol. The summed E-state index contributed by atoms with van der Waals surface area (Å²) in [6, 6.07) is 3.14. The van der Waals surface area contributed by atoms with Crippen molar-refractivity contribution in [2.75, 3.05) is 12.1 Å². The third kappa shape index (κ3) is 3.44. The van der Waals surface area contributed by atoms with Crippen LogP contribution in [-0.4, -0.2) is 18.9 Å². The number of hydrogen-bond acceptors (Lipinski definition) is 3. The van der Waals surface area contributed by atoms with E-state index < -0.39 is 0 Å². The highest BCUT2D eigenvalue weighted by molar-refractivity contribution is 6.34. The SMILES string of the molecule is CCC[C@H](C)NC(=O)Nc1cc2c(cc1Cl)OCO2. The van der Waals surface area contributed by atoms with Crippen molar-refractivity contribution in [3.63, 3.8) is 0 Å². The summed E-state index contributed by atoms with van der Waals surface area (Å²) >= 11 is 6.07. The largest absolute Gasteiger partial charge is 0.454 e. The molecule has 1 aliphatic heterocycles. The van der Waals surface area contributed by atoms with Crippen molar-refractivity contribution >= 4 is 23.3 Å². The Morgan fingerprint density at radius 1 is 1.42 bits per heavy atom. The number of amides is 2. The molecule has 2 amide bonds. The third-order valence-electron chi connectivity index (χ3n) is 2.81. The Labute approximate surface area is 117 Å². The molecule has 1 aromatic rings. The number of fused-ring (bicyclic) bond motifs is 1. The maximum Gasteiger partial charge on any atom is 0.319 e. The van der Waals surface area contributed by atoms with Crippen molar-refractivity contribution in [3.8, 4) is 11.5 Å². The molecule has 0 saturated heterocycles. The second kappa shape index (κ2) is 6.02. The Bertz CT molecular complexity index is 479. The molecule has 104 valence electrons. The molecule has 0 unspecified atom stereocenters. The van der Waals surface area contributed by atoms with Gasteiger partial charge in [0.25, 0.3) is 0 Å². The Morgan fingerprint density at radius 3 is 2.79 bits per heavy atom. The summed E-state index contributed by atoms with van der Waals surface area (Å²) in [4.78, 5) is 11.8. The first-order chi connectivity index (χ1) is 9.10. The predicted octanol–water partition coefficient (Wildman–Crippen LogP) is 3.38. The first-order valence-electron chi connectivity index (χ1n) is 6.26. The van der Waals surface area contributed by atoms with Gasteiger partial charge in [0.1, 0.15) is 0 Å². The molecule has 0 bridgehead atoms. The minimum Gasteiger partial charge on any atom is -0.454 e. The van der Waals surface area contributed by atoms with Gasteiger partial charge < -0.3 is 20.1 Å². The van der Waals surface area contributed by atoms with Gasteiger partial charge in [0.2, 0.25) is 6.79 Å². The van der Waals surface area contributed by atoms with Crippen molar-refractivity contribution in [1.82, 2.24) is 5.32 Å². The van der Waals surface area contributed by atoms with E-state index >= 15 is 0 Å². The molecule has 1 atom stereocenters. The normalized spacial score (nSPS) is 14.1. The summed E-state index contributed by atoms with van der Waals surface area (Å²) in [5.74, 6) is 1.18. The van der Waals surface area contributed by atoms with Crippen LogP contribution < -0.4 is 20.1 Å². The van der Waals surface area contributed by atoms with E-state index in [-0.39, 0.29) is 18.9 Å². The first-order valence-corrected chi connectivity index (χ1v) is 6.64. The fourth-order valence-corrected chi connectivity index (χ4v) is 2.10. The number of rotatable bonds is 4. The van der Waals surface area contributed by atoms with Gasteiger partial charge in [-0.25, -0.2) is 4.79 Å². The van der Waals surface area contributed by atoms with Crippen LogP contribution >= 0.6 is 11.6 Å². The van der Waals surface area contributed by atoms with E-state index in [2.05, 4.69) is 17.6 Å². The van der Waals surface area contributed by atoms with E-state index in [0.717, 1.165) is 12.8 Å². The van der Waals surface area contributed by atoms with Crippen LogP contribution in [0.5, 0.6) is 11.5 Å². The van der Waals surface area contributed by atoms with Gasteiger partial charge in [-0.15, -0.1) is 0 Å². The lowest BCUT2D eigenvalue weighted by atomic mass is 10.2. The van der Waals surface area contributed by atoms with Gasteiger partial charge in [-0.05, 0) is 13.3 Å². The molecular formula is C13H17ClN2O3. The molecule has 1 heterocycles. The number of carbonyl (C=O) groups is 1.